The second-order valence-corrected chi connectivity index (χ2v) is 5.85. The van der Waals surface area contributed by atoms with Gasteiger partial charge in [-0.15, -0.1) is 0 Å². The molecule has 3 rings (SSSR count). The molecule has 1 heterocycles. The fourth-order valence-electron chi connectivity index (χ4n) is 2.17. The summed E-state index contributed by atoms with van der Waals surface area (Å²) in [6.45, 7) is 0.295. The minimum absolute atomic E-state index is 0.148. The second kappa shape index (κ2) is 6.20. The number of halogens is 4. The lowest BCUT2D eigenvalue weighted by atomic mass is 10.2. The number of fused-ring (bicyclic) bond motifs is 1. The SMILES string of the molecule is FC(F)(F)c1c/c(=N\Cc2ccccc2)c2cc(Br)ccc2o1. The Balaban J connectivity index is 2.18. The zero-order valence-electron chi connectivity index (χ0n) is 11.8. The van der Waals surface area contributed by atoms with E-state index in [9.17, 15) is 13.2 Å². The first-order chi connectivity index (χ1) is 10.9. The quantitative estimate of drug-likeness (QED) is 0.590. The summed E-state index contributed by atoms with van der Waals surface area (Å²) in [6.07, 6.45) is -4.56. The fraction of sp³-hybridized carbons (Fsp3) is 0.118. The average Bonchev–Trinajstić information content (AvgIpc) is 2.52. The molecule has 0 amide bonds. The highest BCUT2D eigenvalue weighted by Crippen LogP contribution is 2.30. The Morgan fingerprint density at radius 3 is 2.43 bits per heavy atom. The van der Waals surface area contributed by atoms with Crippen molar-refractivity contribution in [1.29, 1.82) is 0 Å². The van der Waals surface area contributed by atoms with Crippen LogP contribution in [-0.2, 0) is 12.7 Å². The molecule has 0 aliphatic carbocycles. The first kappa shape index (κ1) is 15.8. The standard InChI is InChI=1S/C17H11BrF3NO/c18-12-6-7-15-13(8-12)14(9-16(23-15)17(19,20)21)22-10-11-4-2-1-3-5-11/h1-9H,10H2/b22-14+. The monoisotopic (exact) mass is 381 g/mol. The highest BCUT2D eigenvalue weighted by molar-refractivity contribution is 9.10. The Morgan fingerprint density at radius 1 is 1.00 bits per heavy atom. The van der Waals surface area contributed by atoms with Crippen molar-refractivity contribution < 1.29 is 17.6 Å². The van der Waals surface area contributed by atoms with Gasteiger partial charge < -0.3 is 4.42 Å². The molecular formula is C17H11BrF3NO. The molecule has 0 bridgehead atoms. The zero-order chi connectivity index (χ0) is 16.4. The third kappa shape index (κ3) is 3.64. The largest absolute Gasteiger partial charge is 0.451 e. The van der Waals surface area contributed by atoms with E-state index in [1.54, 1.807) is 12.1 Å². The van der Waals surface area contributed by atoms with E-state index in [-0.39, 0.29) is 10.9 Å². The van der Waals surface area contributed by atoms with Crippen LogP contribution in [0.1, 0.15) is 11.3 Å². The van der Waals surface area contributed by atoms with E-state index in [1.165, 1.54) is 6.07 Å². The van der Waals surface area contributed by atoms with Crippen LogP contribution in [0.2, 0.25) is 0 Å². The van der Waals surface area contributed by atoms with E-state index in [4.69, 9.17) is 4.42 Å². The molecule has 0 N–H and O–H groups in total. The molecule has 0 saturated heterocycles. The van der Waals surface area contributed by atoms with E-state index in [2.05, 4.69) is 20.9 Å². The van der Waals surface area contributed by atoms with E-state index in [0.717, 1.165) is 16.1 Å². The van der Waals surface area contributed by atoms with Crippen LogP contribution in [0, 0.1) is 0 Å². The Hall–Kier alpha value is -2.08. The van der Waals surface area contributed by atoms with Gasteiger partial charge in [-0.1, -0.05) is 46.3 Å². The molecule has 0 spiro atoms. The van der Waals surface area contributed by atoms with Gasteiger partial charge in [-0.3, -0.25) is 4.99 Å². The van der Waals surface area contributed by atoms with Crippen molar-refractivity contribution in [3.05, 3.63) is 75.8 Å². The predicted octanol–water partition coefficient (Wildman–Crippen LogP) is 5.32. The van der Waals surface area contributed by atoms with Gasteiger partial charge in [-0.05, 0) is 23.8 Å². The minimum atomic E-state index is -4.56. The van der Waals surface area contributed by atoms with E-state index in [1.807, 2.05) is 30.3 Å². The Labute approximate surface area is 138 Å². The lowest BCUT2D eigenvalue weighted by Gasteiger charge is -2.08. The highest BCUT2D eigenvalue weighted by Gasteiger charge is 2.34. The third-order valence-electron chi connectivity index (χ3n) is 3.26. The topological polar surface area (TPSA) is 25.5 Å². The maximum absolute atomic E-state index is 13.0. The van der Waals surface area contributed by atoms with E-state index < -0.39 is 11.9 Å². The van der Waals surface area contributed by atoms with Gasteiger partial charge in [-0.2, -0.15) is 13.2 Å². The molecule has 0 unspecified atom stereocenters. The van der Waals surface area contributed by atoms with Gasteiger partial charge >= 0.3 is 6.18 Å². The maximum Gasteiger partial charge on any atom is 0.449 e. The maximum atomic E-state index is 13.0. The van der Waals surface area contributed by atoms with Crippen LogP contribution in [0.15, 0.2) is 68.5 Å². The molecule has 0 saturated carbocycles. The second-order valence-electron chi connectivity index (χ2n) is 4.94. The molecule has 2 nitrogen and oxygen atoms in total. The Morgan fingerprint density at radius 2 is 1.74 bits per heavy atom. The van der Waals surface area contributed by atoms with Gasteiger partial charge in [0, 0.05) is 15.9 Å². The Kier molecular flexibility index (Phi) is 4.26. The van der Waals surface area contributed by atoms with Crippen LogP contribution in [0.3, 0.4) is 0 Å². The van der Waals surface area contributed by atoms with Crippen LogP contribution >= 0.6 is 15.9 Å². The predicted molar refractivity (Wildman–Crippen MR) is 84.6 cm³/mol. The highest BCUT2D eigenvalue weighted by atomic mass is 79.9. The summed E-state index contributed by atoms with van der Waals surface area (Å²) >= 11 is 3.32. The fourth-order valence-corrected chi connectivity index (χ4v) is 2.53. The normalized spacial score (nSPS) is 12.8. The van der Waals surface area contributed by atoms with Crippen LogP contribution in [0.25, 0.3) is 11.0 Å². The summed E-state index contributed by atoms with van der Waals surface area (Å²) in [7, 11) is 0. The molecule has 3 aromatic rings. The molecular weight excluding hydrogens is 371 g/mol. The summed E-state index contributed by atoms with van der Waals surface area (Å²) in [5.74, 6) is -1.06. The van der Waals surface area contributed by atoms with E-state index >= 15 is 0 Å². The van der Waals surface area contributed by atoms with Crippen molar-refractivity contribution in [3.8, 4) is 0 Å². The number of hydrogen-bond acceptors (Lipinski definition) is 2. The van der Waals surface area contributed by atoms with Crippen LogP contribution in [0.4, 0.5) is 13.2 Å². The van der Waals surface area contributed by atoms with Crippen molar-refractivity contribution in [2.24, 2.45) is 4.99 Å². The summed E-state index contributed by atoms with van der Waals surface area (Å²) in [6, 6.07) is 15.1. The summed E-state index contributed by atoms with van der Waals surface area (Å²) < 4.78 is 44.7. The molecule has 0 fully saturated rings. The third-order valence-corrected chi connectivity index (χ3v) is 3.75. The first-order valence-electron chi connectivity index (χ1n) is 6.78. The van der Waals surface area contributed by atoms with Crippen molar-refractivity contribution in [3.63, 3.8) is 0 Å². The molecule has 6 heteroatoms. The molecule has 0 radical (unpaired) electrons. The molecule has 0 aliphatic heterocycles. The average molecular weight is 382 g/mol. The van der Waals surface area contributed by atoms with Gasteiger partial charge in [0.25, 0.3) is 0 Å². The van der Waals surface area contributed by atoms with Gasteiger partial charge in [0.15, 0.2) is 0 Å². The smallest absolute Gasteiger partial charge is 0.449 e. The molecule has 0 aliphatic rings. The number of benzene rings is 2. The molecule has 2 aromatic carbocycles. The van der Waals surface area contributed by atoms with Crippen LogP contribution in [-0.4, -0.2) is 0 Å². The van der Waals surface area contributed by atoms with Crippen LogP contribution < -0.4 is 5.36 Å². The first-order valence-corrected chi connectivity index (χ1v) is 7.58. The van der Waals surface area contributed by atoms with Crippen molar-refractivity contribution in [2.45, 2.75) is 12.7 Å². The molecule has 118 valence electrons. The van der Waals surface area contributed by atoms with Crippen molar-refractivity contribution in [1.82, 2.24) is 0 Å². The van der Waals surface area contributed by atoms with Gasteiger partial charge in [0.2, 0.25) is 5.76 Å². The summed E-state index contributed by atoms with van der Waals surface area (Å²) in [5.41, 5.74) is 1.07. The number of nitrogens with zero attached hydrogens (tertiary/aromatic N) is 1. The number of rotatable bonds is 2. The van der Waals surface area contributed by atoms with Gasteiger partial charge in [-0.25, -0.2) is 0 Å². The lowest BCUT2D eigenvalue weighted by molar-refractivity contribution is -0.152. The number of alkyl halides is 3. The van der Waals surface area contributed by atoms with Gasteiger partial charge in [0.1, 0.15) is 5.58 Å². The van der Waals surface area contributed by atoms with Gasteiger partial charge in [0.05, 0.1) is 11.9 Å². The number of hydrogen-bond donors (Lipinski definition) is 0. The zero-order valence-corrected chi connectivity index (χ0v) is 13.4. The Bertz CT molecular complexity index is 901. The lowest BCUT2D eigenvalue weighted by Crippen LogP contribution is -2.12. The molecule has 23 heavy (non-hydrogen) atoms. The minimum Gasteiger partial charge on any atom is -0.451 e. The van der Waals surface area contributed by atoms with Crippen LogP contribution in [0.5, 0.6) is 0 Å². The van der Waals surface area contributed by atoms with Crippen molar-refractivity contribution >= 4 is 26.9 Å². The molecule has 1 aromatic heterocycles. The molecule has 0 atom stereocenters. The van der Waals surface area contributed by atoms with E-state index in [0.29, 0.717) is 11.9 Å². The summed E-state index contributed by atoms with van der Waals surface area (Å²) in [5, 5.41) is 0.784. The summed E-state index contributed by atoms with van der Waals surface area (Å²) in [4.78, 5) is 4.34. The van der Waals surface area contributed by atoms with Crippen molar-refractivity contribution in [2.75, 3.05) is 0 Å².